The SMILES string of the molecule is NOCc1nc(-c2ccccc2)ccc1C(=O)O. The molecule has 18 heavy (non-hydrogen) atoms. The number of rotatable bonds is 4. The van der Waals surface area contributed by atoms with Crippen LogP contribution in [-0.4, -0.2) is 16.1 Å². The molecule has 0 bridgehead atoms. The Kier molecular flexibility index (Phi) is 3.66. The van der Waals surface area contributed by atoms with Crippen molar-refractivity contribution in [3.8, 4) is 11.3 Å². The molecule has 0 aliphatic rings. The van der Waals surface area contributed by atoms with Crippen LogP contribution in [-0.2, 0) is 11.4 Å². The van der Waals surface area contributed by atoms with Crippen molar-refractivity contribution in [2.45, 2.75) is 6.61 Å². The topological polar surface area (TPSA) is 85.4 Å². The van der Waals surface area contributed by atoms with Crippen LogP contribution in [0.5, 0.6) is 0 Å². The van der Waals surface area contributed by atoms with E-state index in [1.54, 1.807) is 6.07 Å². The predicted molar refractivity (Wildman–Crippen MR) is 65.6 cm³/mol. The number of pyridine rings is 1. The summed E-state index contributed by atoms with van der Waals surface area (Å²) >= 11 is 0. The molecule has 3 N–H and O–H groups in total. The van der Waals surface area contributed by atoms with Crippen LogP contribution in [0.2, 0.25) is 0 Å². The average molecular weight is 244 g/mol. The lowest BCUT2D eigenvalue weighted by atomic mass is 10.1. The highest BCUT2D eigenvalue weighted by Crippen LogP contribution is 2.19. The van der Waals surface area contributed by atoms with Crippen molar-refractivity contribution in [1.29, 1.82) is 0 Å². The Balaban J connectivity index is 2.46. The van der Waals surface area contributed by atoms with Crippen LogP contribution in [0.25, 0.3) is 11.3 Å². The largest absolute Gasteiger partial charge is 0.478 e. The van der Waals surface area contributed by atoms with Crippen LogP contribution >= 0.6 is 0 Å². The van der Waals surface area contributed by atoms with Crippen LogP contribution in [0.1, 0.15) is 16.1 Å². The highest BCUT2D eigenvalue weighted by Gasteiger charge is 2.12. The maximum absolute atomic E-state index is 11.0. The van der Waals surface area contributed by atoms with Crippen molar-refractivity contribution < 1.29 is 14.7 Å². The summed E-state index contributed by atoms with van der Waals surface area (Å²) in [6, 6.07) is 12.7. The standard InChI is InChI=1S/C13H12N2O3/c14-18-8-12-10(13(16)17)6-7-11(15-12)9-4-2-1-3-5-9/h1-7H,8,14H2,(H,16,17). The maximum Gasteiger partial charge on any atom is 0.337 e. The van der Waals surface area contributed by atoms with Gasteiger partial charge < -0.3 is 5.11 Å². The summed E-state index contributed by atoms with van der Waals surface area (Å²) in [4.78, 5) is 19.8. The van der Waals surface area contributed by atoms with Crippen molar-refractivity contribution in [1.82, 2.24) is 4.98 Å². The first-order valence-corrected chi connectivity index (χ1v) is 5.32. The molecule has 0 spiro atoms. The molecule has 0 unspecified atom stereocenters. The van der Waals surface area contributed by atoms with E-state index in [4.69, 9.17) is 11.0 Å². The number of hydrogen-bond acceptors (Lipinski definition) is 4. The van der Waals surface area contributed by atoms with E-state index in [0.29, 0.717) is 11.4 Å². The predicted octanol–water partition coefficient (Wildman–Crippen LogP) is 1.84. The van der Waals surface area contributed by atoms with Gasteiger partial charge in [-0.25, -0.2) is 15.7 Å². The fourth-order valence-corrected chi connectivity index (χ4v) is 1.65. The molecule has 0 aliphatic heterocycles. The smallest absolute Gasteiger partial charge is 0.337 e. The number of aromatic nitrogens is 1. The van der Waals surface area contributed by atoms with Gasteiger partial charge in [-0.05, 0) is 12.1 Å². The zero-order valence-electron chi connectivity index (χ0n) is 9.54. The minimum atomic E-state index is -1.05. The van der Waals surface area contributed by atoms with Crippen molar-refractivity contribution in [3.63, 3.8) is 0 Å². The normalized spacial score (nSPS) is 10.3. The number of aromatic carboxylic acids is 1. The lowest BCUT2D eigenvalue weighted by molar-refractivity contribution is 0.0686. The molecule has 5 nitrogen and oxygen atoms in total. The molecule has 2 rings (SSSR count). The lowest BCUT2D eigenvalue weighted by Gasteiger charge is -2.07. The van der Waals surface area contributed by atoms with Gasteiger partial charge in [0.1, 0.15) is 6.61 Å². The first kappa shape index (κ1) is 12.2. The first-order valence-electron chi connectivity index (χ1n) is 5.32. The number of hydrogen-bond donors (Lipinski definition) is 2. The number of benzene rings is 1. The molecular formula is C13H12N2O3. The fourth-order valence-electron chi connectivity index (χ4n) is 1.65. The Morgan fingerprint density at radius 2 is 1.94 bits per heavy atom. The quantitative estimate of drug-likeness (QED) is 0.801. The Morgan fingerprint density at radius 3 is 2.56 bits per heavy atom. The molecule has 1 aromatic carbocycles. The molecule has 1 heterocycles. The van der Waals surface area contributed by atoms with Crippen LogP contribution < -0.4 is 5.90 Å². The zero-order valence-corrected chi connectivity index (χ0v) is 9.54. The molecule has 92 valence electrons. The highest BCUT2D eigenvalue weighted by molar-refractivity contribution is 5.89. The number of nitrogens with two attached hydrogens (primary N) is 1. The summed E-state index contributed by atoms with van der Waals surface area (Å²) in [7, 11) is 0. The van der Waals surface area contributed by atoms with Crippen molar-refractivity contribution in [2.24, 2.45) is 5.90 Å². The van der Waals surface area contributed by atoms with Gasteiger partial charge in [-0.2, -0.15) is 0 Å². The lowest BCUT2D eigenvalue weighted by Crippen LogP contribution is -2.09. The summed E-state index contributed by atoms with van der Waals surface area (Å²) in [5.74, 6) is 3.94. The van der Waals surface area contributed by atoms with Gasteiger partial charge in [-0.3, -0.25) is 4.84 Å². The first-order chi connectivity index (χ1) is 8.72. The van der Waals surface area contributed by atoms with Gasteiger partial charge in [-0.1, -0.05) is 30.3 Å². The van der Waals surface area contributed by atoms with Gasteiger partial charge in [0.2, 0.25) is 0 Å². The minimum absolute atomic E-state index is 0.0394. The number of carboxylic acid groups (broad SMARTS) is 1. The Morgan fingerprint density at radius 1 is 1.22 bits per heavy atom. The van der Waals surface area contributed by atoms with Gasteiger partial charge in [-0.15, -0.1) is 0 Å². The summed E-state index contributed by atoms with van der Waals surface area (Å²) < 4.78 is 0. The molecule has 0 aliphatic carbocycles. The number of carboxylic acids is 1. The molecule has 0 saturated carbocycles. The second kappa shape index (κ2) is 5.39. The van der Waals surface area contributed by atoms with Gasteiger partial charge >= 0.3 is 5.97 Å². The summed E-state index contributed by atoms with van der Waals surface area (Å²) in [6.07, 6.45) is 0. The second-order valence-electron chi connectivity index (χ2n) is 3.67. The Bertz CT molecular complexity index is 555. The van der Waals surface area contributed by atoms with E-state index in [0.717, 1.165) is 5.56 Å². The van der Waals surface area contributed by atoms with Crippen LogP contribution in [0.15, 0.2) is 42.5 Å². The van der Waals surface area contributed by atoms with E-state index in [1.807, 2.05) is 30.3 Å². The molecule has 2 aromatic rings. The average Bonchev–Trinajstić information content (AvgIpc) is 2.40. The maximum atomic E-state index is 11.0. The molecule has 1 aromatic heterocycles. The summed E-state index contributed by atoms with van der Waals surface area (Å²) in [6.45, 7) is -0.0394. The zero-order chi connectivity index (χ0) is 13.0. The third kappa shape index (κ3) is 2.53. The molecule has 0 amide bonds. The summed E-state index contributed by atoms with van der Waals surface area (Å²) in [5, 5.41) is 9.02. The molecule has 0 fully saturated rings. The molecule has 5 heteroatoms. The molecule has 0 radical (unpaired) electrons. The van der Waals surface area contributed by atoms with E-state index in [-0.39, 0.29) is 12.2 Å². The van der Waals surface area contributed by atoms with Crippen LogP contribution in [0, 0.1) is 0 Å². The Labute approximate surface area is 104 Å². The van der Waals surface area contributed by atoms with Crippen molar-refractivity contribution in [3.05, 3.63) is 53.7 Å². The Hall–Kier alpha value is -2.24. The van der Waals surface area contributed by atoms with Gasteiger partial charge in [0.25, 0.3) is 0 Å². The summed E-state index contributed by atoms with van der Waals surface area (Å²) in [5.41, 5.74) is 2.01. The van der Waals surface area contributed by atoms with E-state index < -0.39 is 5.97 Å². The van der Waals surface area contributed by atoms with E-state index in [9.17, 15) is 4.79 Å². The van der Waals surface area contributed by atoms with Crippen molar-refractivity contribution >= 4 is 5.97 Å². The van der Waals surface area contributed by atoms with Gasteiger partial charge in [0.05, 0.1) is 17.0 Å². The fraction of sp³-hybridized carbons (Fsp3) is 0.0769. The molecule has 0 saturated heterocycles. The molecular weight excluding hydrogens is 232 g/mol. The van der Waals surface area contributed by atoms with E-state index in [1.165, 1.54) is 6.07 Å². The van der Waals surface area contributed by atoms with Gasteiger partial charge in [0, 0.05) is 5.56 Å². The number of carbonyl (C=O) groups is 1. The molecule has 0 atom stereocenters. The van der Waals surface area contributed by atoms with Gasteiger partial charge in [0.15, 0.2) is 0 Å². The second-order valence-corrected chi connectivity index (χ2v) is 3.67. The monoisotopic (exact) mass is 244 g/mol. The van der Waals surface area contributed by atoms with E-state index >= 15 is 0 Å². The van der Waals surface area contributed by atoms with E-state index in [2.05, 4.69) is 9.82 Å². The van der Waals surface area contributed by atoms with Crippen LogP contribution in [0.4, 0.5) is 0 Å². The van der Waals surface area contributed by atoms with Crippen molar-refractivity contribution in [2.75, 3.05) is 0 Å². The third-order valence-electron chi connectivity index (χ3n) is 2.49. The third-order valence-corrected chi connectivity index (χ3v) is 2.49. The van der Waals surface area contributed by atoms with Crippen LogP contribution in [0.3, 0.4) is 0 Å². The number of nitrogens with zero attached hydrogens (tertiary/aromatic N) is 1. The minimum Gasteiger partial charge on any atom is -0.478 e. The highest BCUT2D eigenvalue weighted by atomic mass is 16.6.